The molecule has 1 heterocycles. The summed E-state index contributed by atoms with van der Waals surface area (Å²) in [5, 5.41) is 0. The third kappa shape index (κ3) is 7.96. The third-order valence-corrected chi connectivity index (χ3v) is 7.62. The van der Waals surface area contributed by atoms with Crippen molar-refractivity contribution in [2.45, 2.75) is 52.5 Å². The lowest BCUT2D eigenvalue weighted by molar-refractivity contribution is -0.122. The molecule has 0 saturated carbocycles. The molecule has 0 aliphatic carbocycles. The number of amides is 2. The van der Waals surface area contributed by atoms with Crippen LogP contribution in [0, 0.1) is 0 Å². The molecule has 1 N–H and O–H groups in total. The first-order valence-electron chi connectivity index (χ1n) is 10.9. The Kier molecular flexibility index (Phi) is 12.1. The molecule has 1 saturated heterocycles. The Hall–Kier alpha value is -1.24. The molecule has 11 heteroatoms. The summed E-state index contributed by atoms with van der Waals surface area (Å²) in [6, 6.07) is 6.26. The molecule has 1 aromatic carbocycles. The summed E-state index contributed by atoms with van der Waals surface area (Å²) in [7, 11) is -0.0882. The lowest BCUT2D eigenvalue weighted by Crippen LogP contribution is -2.51. The highest BCUT2D eigenvalue weighted by molar-refractivity contribution is 8.30. The molecule has 2 amide bonds. The molecule has 0 spiro atoms. The highest BCUT2D eigenvalue weighted by atomic mass is 32.9. The molecule has 1 aromatic rings. The molecule has 0 bridgehead atoms. The number of anilines is 2. The van der Waals surface area contributed by atoms with Crippen molar-refractivity contribution in [3.63, 3.8) is 0 Å². The van der Waals surface area contributed by atoms with Crippen molar-refractivity contribution < 1.29 is 18.4 Å². The van der Waals surface area contributed by atoms with E-state index in [-0.39, 0.29) is 11.8 Å². The van der Waals surface area contributed by atoms with Gasteiger partial charge in [0.2, 0.25) is 20.8 Å². The minimum absolute atomic E-state index is 0.00988. The van der Waals surface area contributed by atoms with E-state index in [1.54, 1.807) is 41.1 Å². The molecule has 1 aliphatic rings. The van der Waals surface area contributed by atoms with Crippen molar-refractivity contribution in [1.29, 1.82) is 0 Å². The van der Waals surface area contributed by atoms with E-state index < -0.39 is 15.0 Å². The van der Waals surface area contributed by atoms with Crippen LogP contribution < -0.4 is 9.80 Å². The SMILES string of the molecule is CC.CCCCN(C)CC(=O)N(C)c1ccc(N2CCCC(N(S)S(=O)(O)=S)C2=O)cc1. The zero-order chi connectivity index (χ0) is 24.5. The second-order valence-electron chi connectivity index (χ2n) is 7.46. The summed E-state index contributed by atoms with van der Waals surface area (Å²) in [6.07, 6.45) is 3.20. The number of rotatable bonds is 9. The van der Waals surface area contributed by atoms with Crippen molar-refractivity contribution in [3.8, 4) is 0 Å². The number of likely N-dealkylation sites (N-methyl/N-ethyl adjacent to an activating group) is 2. The van der Waals surface area contributed by atoms with Crippen molar-refractivity contribution >= 4 is 56.2 Å². The number of thiol groups is 1. The number of piperidine rings is 1. The molecule has 0 aromatic heterocycles. The molecule has 182 valence electrons. The predicted octanol–water partition coefficient (Wildman–Crippen LogP) is 3.18. The molecule has 2 atom stereocenters. The predicted molar refractivity (Wildman–Crippen MR) is 138 cm³/mol. The van der Waals surface area contributed by atoms with Gasteiger partial charge in [-0.1, -0.05) is 40.0 Å². The van der Waals surface area contributed by atoms with Gasteiger partial charge < -0.3 is 9.80 Å². The van der Waals surface area contributed by atoms with Crippen molar-refractivity contribution in [3.05, 3.63) is 24.3 Å². The van der Waals surface area contributed by atoms with E-state index in [0.29, 0.717) is 31.6 Å². The van der Waals surface area contributed by atoms with E-state index in [1.807, 2.05) is 25.8 Å². The average molecular weight is 505 g/mol. The van der Waals surface area contributed by atoms with Crippen molar-refractivity contribution in [1.82, 2.24) is 8.61 Å². The van der Waals surface area contributed by atoms with E-state index in [9.17, 15) is 18.4 Å². The number of nitrogens with zero attached hydrogens (tertiary/aromatic N) is 4. The van der Waals surface area contributed by atoms with Gasteiger partial charge in [-0.2, -0.15) is 0 Å². The second kappa shape index (κ2) is 13.5. The van der Waals surface area contributed by atoms with Crippen LogP contribution in [0.1, 0.15) is 46.5 Å². The molecule has 8 nitrogen and oxygen atoms in total. The topological polar surface area (TPSA) is 84.4 Å². The molecule has 2 rings (SSSR count). The number of carbonyl (C=O) groups is 2. The molecule has 1 fully saturated rings. The van der Waals surface area contributed by atoms with Crippen LogP contribution in [0.3, 0.4) is 0 Å². The molecular weight excluding hydrogens is 468 g/mol. The van der Waals surface area contributed by atoms with E-state index in [0.717, 1.165) is 28.8 Å². The second-order valence-corrected chi connectivity index (χ2v) is 10.8. The van der Waals surface area contributed by atoms with Gasteiger partial charge in [0.1, 0.15) is 6.04 Å². The first kappa shape index (κ1) is 28.8. The van der Waals surface area contributed by atoms with Crippen LogP contribution in [-0.4, -0.2) is 69.0 Å². The molecule has 0 radical (unpaired) electrons. The minimum Gasteiger partial charge on any atom is -0.314 e. The third-order valence-electron chi connectivity index (χ3n) is 5.13. The van der Waals surface area contributed by atoms with Crippen LogP contribution in [0.15, 0.2) is 24.3 Å². The lowest BCUT2D eigenvalue weighted by Gasteiger charge is -2.35. The Balaban J connectivity index is 0.00000249. The van der Waals surface area contributed by atoms with Gasteiger partial charge in [0.25, 0.3) is 0 Å². The monoisotopic (exact) mass is 504 g/mol. The van der Waals surface area contributed by atoms with E-state index in [4.69, 9.17) is 0 Å². The number of hydrogen-bond acceptors (Lipinski definition) is 6. The number of benzene rings is 1. The largest absolute Gasteiger partial charge is 0.314 e. The Morgan fingerprint density at radius 1 is 1.28 bits per heavy atom. The van der Waals surface area contributed by atoms with E-state index in [1.165, 1.54) is 0 Å². The maximum Gasteiger partial charge on any atom is 0.246 e. The summed E-state index contributed by atoms with van der Waals surface area (Å²) < 4.78 is 22.0. The van der Waals surface area contributed by atoms with E-state index >= 15 is 0 Å². The Morgan fingerprint density at radius 3 is 2.41 bits per heavy atom. The first-order chi connectivity index (χ1) is 15.1. The van der Waals surface area contributed by atoms with Crippen LogP contribution in [-0.2, 0) is 29.7 Å². The van der Waals surface area contributed by atoms with Crippen LogP contribution in [0.2, 0.25) is 0 Å². The van der Waals surface area contributed by atoms with Crippen molar-refractivity contribution in [2.24, 2.45) is 0 Å². The molecule has 2 unspecified atom stereocenters. The first-order valence-corrected chi connectivity index (χ1v) is 13.7. The Bertz CT molecular complexity index is 849. The van der Waals surface area contributed by atoms with Gasteiger partial charge in [-0.15, -0.1) is 3.71 Å². The highest BCUT2D eigenvalue weighted by Crippen LogP contribution is 2.27. The van der Waals surface area contributed by atoms with Gasteiger partial charge in [-0.05, 0) is 57.1 Å². The van der Waals surface area contributed by atoms with Gasteiger partial charge in [0, 0.05) is 36.2 Å². The highest BCUT2D eigenvalue weighted by Gasteiger charge is 2.36. The Labute approximate surface area is 203 Å². The van der Waals surface area contributed by atoms with Gasteiger partial charge >= 0.3 is 0 Å². The standard InChI is InChI=1S/C19H30N4O4S3.C2H6/c1-4-5-12-20(2)14-18(24)21(3)15-8-10-16(11-9-15)22-13-6-7-17(19(22)25)23(28)30(26,27)29;1-2/h8-11,17,28H,4-7,12-14H2,1-3H3,(H,26,27,29);1-2H3. The zero-order valence-electron chi connectivity index (χ0n) is 19.6. The van der Waals surface area contributed by atoms with Gasteiger partial charge in [-0.3, -0.25) is 19.0 Å². The summed E-state index contributed by atoms with van der Waals surface area (Å²) in [4.78, 5) is 30.5. The van der Waals surface area contributed by atoms with Crippen LogP contribution in [0.5, 0.6) is 0 Å². The van der Waals surface area contributed by atoms with Crippen LogP contribution in [0.4, 0.5) is 11.4 Å². The number of unbranched alkanes of at least 4 members (excludes halogenated alkanes) is 1. The maximum atomic E-state index is 12.8. The normalized spacial score (nSPS) is 18.2. The quantitative estimate of drug-likeness (QED) is 0.503. The molecular formula is C21H36N4O4S3. The number of carbonyl (C=O) groups excluding carboxylic acids is 2. The Morgan fingerprint density at radius 2 is 1.88 bits per heavy atom. The fourth-order valence-corrected chi connectivity index (χ4v) is 4.37. The minimum atomic E-state index is -3.75. The fraction of sp³-hybridized carbons (Fsp3) is 0.619. The maximum absolute atomic E-state index is 12.8. The number of hydrogen-bond donors (Lipinski definition) is 2. The average Bonchev–Trinajstić information content (AvgIpc) is 2.77. The summed E-state index contributed by atoms with van der Waals surface area (Å²) in [5.74, 6) is -0.332. The lowest BCUT2D eigenvalue weighted by atomic mass is 10.0. The summed E-state index contributed by atoms with van der Waals surface area (Å²) >= 11 is 8.53. The van der Waals surface area contributed by atoms with Crippen molar-refractivity contribution in [2.75, 3.05) is 43.5 Å². The fourth-order valence-electron chi connectivity index (χ4n) is 3.32. The molecule has 32 heavy (non-hydrogen) atoms. The van der Waals surface area contributed by atoms with Crippen LogP contribution >= 0.6 is 12.8 Å². The zero-order valence-corrected chi connectivity index (χ0v) is 22.1. The van der Waals surface area contributed by atoms with Gasteiger partial charge in [0.15, 0.2) is 0 Å². The van der Waals surface area contributed by atoms with Crippen LogP contribution in [0.25, 0.3) is 0 Å². The summed E-state index contributed by atoms with van der Waals surface area (Å²) in [5.41, 5.74) is 1.39. The van der Waals surface area contributed by atoms with E-state index in [2.05, 4.69) is 30.9 Å². The summed E-state index contributed by atoms with van der Waals surface area (Å²) in [6.45, 7) is 7.83. The van der Waals surface area contributed by atoms with Gasteiger partial charge in [-0.25, -0.2) is 4.21 Å². The molecule has 1 aliphatic heterocycles. The smallest absolute Gasteiger partial charge is 0.246 e. The van der Waals surface area contributed by atoms with Gasteiger partial charge in [0.05, 0.1) is 6.54 Å².